The lowest BCUT2D eigenvalue weighted by atomic mass is 9.99. The number of fused-ring (bicyclic) bond motifs is 1. The molecule has 38 heavy (non-hydrogen) atoms. The topological polar surface area (TPSA) is 116 Å². The van der Waals surface area contributed by atoms with Crippen molar-refractivity contribution >= 4 is 28.8 Å². The number of aromatic nitrogens is 3. The summed E-state index contributed by atoms with van der Waals surface area (Å²) in [6.07, 6.45) is 7.57. The van der Waals surface area contributed by atoms with Gasteiger partial charge in [0, 0.05) is 56.8 Å². The molecule has 1 aliphatic heterocycles. The van der Waals surface area contributed by atoms with Crippen LogP contribution in [0, 0.1) is 6.92 Å². The third-order valence-electron chi connectivity index (χ3n) is 7.05. The first-order valence-electron chi connectivity index (χ1n) is 12.7. The molecule has 10 nitrogen and oxygen atoms in total. The number of nitrogens with zero attached hydrogens (tertiary/aromatic N) is 5. The largest absolute Gasteiger partial charge is 0.506 e. The van der Waals surface area contributed by atoms with Crippen molar-refractivity contribution < 1.29 is 14.6 Å². The molecule has 1 atom stereocenters. The highest BCUT2D eigenvalue weighted by Gasteiger charge is 2.30. The predicted molar refractivity (Wildman–Crippen MR) is 147 cm³/mol. The zero-order valence-electron chi connectivity index (χ0n) is 21.9. The van der Waals surface area contributed by atoms with Gasteiger partial charge in [-0.15, -0.1) is 0 Å². The minimum absolute atomic E-state index is 0.0531. The minimum Gasteiger partial charge on any atom is -0.506 e. The quantitative estimate of drug-likeness (QED) is 0.416. The molecule has 2 aliphatic rings. The fraction of sp³-hybridized carbons (Fsp3) is 0.357. The monoisotopic (exact) mass is 515 g/mol. The van der Waals surface area contributed by atoms with Crippen molar-refractivity contribution in [2.45, 2.75) is 19.4 Å². The molecule has 1 fully saturated rings. The molecule has 2 aromatic heterocycles. The molecule has 1 amide bonds. The van der Waals surface area contributed by atoms with Crippen molar-refractivity contribution in [2.24, 2.45) is 0 Å². The number of hydrogen-bond acceptors (Lipinski definition) is 9. The van der Waals surface area contributed by atoms with Gasteiger partial charge in [0.2, 0.25) is 11.9 Å². The van der Waals surface area contributed by atoms with Gasteiger partial charge in [0.1, 0.15) is 11.8 Å². The van der Waals surface area contributed by atoms with Gasteiger partial charge in [-0.2, -0.15) is 0 Å². The first-order valence-corrected chi connectivity index (χ1v) is 12.7. The van der Waals surface area contributed by atoms with Crippen LogP contribution in [0.1, 0.15) is 22.4 Å². The third-order valence-corrected chi connectivity index (χ3v) is 7.05. The standard InChI is InChI=1S/C28H33N7O3/c1-18-14-30-28(31-19-13-20(36)16-29-15-19)33-26(18)23-8-7-22-21(23)5-4-6-24(22)32-27(37)25(17-38-3)35-11-9-34(2)10-12-35/h4-6,8,13-16,25,36H,7,9-12,17H2,1-3H3,(H,32,37)(H,30,31,33)/t25-/m1/s1. The fourth-order valence-corrected chi connectivity index (χ4v) is 4.97. The Kier molecular flexibility index (Phi) is 7.64. The number of ether oxygens (including phenoxy) is 1. The molecule has 0 unspecified atom stereocenters. The van der Waals surface area contributed by atoms with Crippen LogP contribution in [0.15, 0.2) is 48.9 Å². The number of anilines is 3. The van der Waals surface area contributed by atoms with Crippen LogP contribution in [0.5, 0.6) is 5.75 Å². The molecule has 1 saturated heterocycles. The third kappa shape index (κ3) is 5.52. The number of amides is 1. The molecule has 198 valence electrons. The maximum Gasteiger partial charge on any atom is 0.244 e. The Bertz CT molecular complexity index is 1350. The summed E-state index contributed by atoms with van der Waals surface area (Å²) in [6.45, 7) is 5.85. The number of pyridine rings is 1. The van der Waals surface area contributed by atoms with E-state index in [1.807, 2.05) is 19.1 Å². The number of hydrogen-bond donors (Lipinski definition) is 3. The Morgan fingerprint density at radius 1 is 1.18 bits per heavy atom. The number of aryl methyl sites for hydroxylation is 1. The second-order valence-electron chi connectivity index (χ2n) is 9.74. The number of allylic oxidation sites excluding steroid dienone is 1. The maximum absolute atomic E-state index is 13.4. The smallest absolute Gasteiger partial charge is 0.244 e. The van der Waals surface area contributed by atoms with Crippen molar-refractivity contribution in [1.82, 2.24) is 24.8 Å². The summed E-state index contributed by atoms with van der Waals surface area (Å²) in [6, 6.07) is 7.19. The predicted octanol–water partition coefficient (Wildman–Crippen LogP) is 2.82. The van der Waals surface area contributed by atoms with Gasteiger partial charge < -0.3 is 25.4 Å². The van der Waals surface area contributed by atoms with E-state index in [2.05, 4.69) is 49.6 Å². The van der Waals surface area contributed by atoms with E-state index in [1.54, 1.807) is 25.6 Å². The summed E-state index contributed by atoms with van der Waals surface area (Å²) < 4.78 is 5.42. The number of benzene rings is 1. The summed E-state index contributed by atoms with van der Waals surface area (Å²) in [7, 11) is 3.74. The van der Waals surface area contributed by atoms with Gasteiger partial charge in [0.05, 0.1) is 30.4 Å². The van der Waals surface area contributed by atoms with Crippen LogP contribution < -0.4 is 10.6 Å². The lowest BCUT2D eigenvalue weighted by molar-refractivity contribution is -0.124. The highest BCUT2D eigenvalue weighted by molar-refractivity contribution is 5.97. The highest BCUT2D eigenvalue weighted by Crippen LogP contribution is 2.37. The zero-order chi connectivity index (χ0) is 26.6. The van der Waals surface area contributed by atoms with E-state index in [1.165, 1.54) is 6.20 Å². The van der Waals surface area contributed by atoms with Crippen LogP contribution in [0.25, 0.3) is 5.57 Å². The Labute approximate surface area is 222 Å². The van der Waals surface area contributed by atoms with Crippen LogP contribution in [-0.4, -0.2) is 88.8 Å². The minimum atomic E-state index is -0.344. The number of nitrogens with one attached hydrogen (secondary N) is 2. The van der Waals surface area contributed by atoms with Crippen molar-refractivity contribution in [3.05, 3.63) is 71.3 Å². The molecule has 1 aromatic carbocycles. The zero-order valence-corrected chi connectivity index (χ0v) is 21.9. The average Bonchev–Trinajstić information content (AvgIpc) is 3.34. The Morgan fingerprint density at radius 3 is 2.76 bits per heavy atom. The fourth-order valence-electron chi connectivity index (χ4n) is 4.97. The van der Waals surface area contributed by atoms with E-state index in [-0.39, 0.29) is 17.7 Å². The molecule has 10 heteroatoms. The van der Waals surface area contributed by atoms with Crippen molar-refractivity contribution in [2.75, 3.05) is 57.6 Å². The molecule has 0 saturated carbocycles. The van der Waals surface area contributed by atoms with Crippen LogP contribution >= 0.6 is 0 Å². The van der Waals surface area contributed by atoms with E-state index in [4.69, 9.17) is 9.72 Å². The Balaban J connectivity index is 1.37. The van der Waals surface area contributed by atoms with Crippen LogP contribution in [-0.2, 0) is 16.0 Å². The molecule has 0 bridgehead atoms. The number of aromatic hydroxyl groups is 1. The molecular weight excluding hydrogens is 482 g/mol. The number of piperazine rings is 1. The van der Waals surface area contributed by atoms with Gasteiger partial charge in [0.25, 0.3) is 0 Å². The number of carbonyl (C=O) groups is 1. The van der Waals surface area contributed by atoms with Gasteiger partial charge in [-0.3, -0.25) is 14.7 Å². The van der Waals surface area contributed by atoms with E-state index < -0.39 is 0 Å². The van der Waals surface area contributed by atoms with Crippen LogP contribution in [0.4, 0.5) is 17.3 Å². The number of methoxy groups -OCH3 is 1. The van der Waals surface area contributed by atoms with Crippen LogP contribution in [0.2, 0.25) is 0 Å². The van der Waals surface area contributed by atoms with E-state index in [0.29, 0.717) is 24.7 Å². The Hall–Kier alpha value is -3.86. The summed E-state index contributed by atoms with van der Waals surface area (Å²) in [5, 5.41) is 16.0. The molecule has 3 heterocycles. The van der Waals surface area contributed by atoms with E-state index in [9.17, 15) is 9.90 Å². The Morgan fingerprint density at radius 2 is 2.00 bits per heavy atom. The number of carbonyl (C=O) groups excluding carboxylic acids is 1. The number of likely N-dealkylation sites (N-methyl/N-ethyl adjacent to an activating group) is 1. The average molecular weight is 516 g/mol. The second kappa shape index (κ2) is 11.3. The summed E-state index contributed by atoms with van der Waals surface area (Å²) in [4.78, 5) is 31.1. The maximum atomic E-state index is 13.4. The molecule has 5 rings (SSSR count). The van der Waals surface area contributed by atoms with Gasteiger partial charge >= 0.3 is 0 Å². The van der Waals surface area contributed by atoms with Crippen molar-refractivity contribution in [3.63, 3.8) is 0 Å². The lowest BCUT2D eigenvalue weighted by Gasteiger charge is -2.36. The van der Waals surface area contributed by atoms with Gasteiger partial charge in [0.15, 0.2) is 0 Å². The van der Waals surface area contributed by atoms with Crippen molar-refractivity contribution in [1.29, 1.82) is 0 Å². The normalized spacial score (nSPS) is 16.6. The first-order chi connectivity index (χ1) is 18.4. The van der Waals surface area contributed by atoms with Gasteiger partial charge in [-0.05, 0) is 43.1 Å². The molecule has 3 aromatic rings. The summed E-state index contributed by atoms with van der Waals surface area (Å²) in [5.74, 6) is 0.416. The SMILES string of the molecule is COC[C@H](C(=O)Nc1cccc2c1CC=C2c1nc(Nc2cncc(O)c2)ncc1C)N1CCN(C)CC1. The summed E-state index contributed by atoms with van der Waals surface area (Å²) >= 11 is 0. The number of rotatable bonds is 8. The molecule has 0 radical (unpaired) electrons. The molecule has 1 aliphatic carbocycles. The van der Waals surface area contributed by atoms with Gasteiger partial charge in [-0.1, -0.05) is 18.2 Å². The molecule has 3 N–H and O–H groups in total. The summed E-state index contributed by atoms with van der Waals surface area (Å²) in [5.41, 5.74) is 6.26. The van der Waals surface area contributed by atoms with E-state index >= 15 is 0 Å². The van der Waals surface area contributed by atoms with E-state index in [0.717, 1.165) is 59.8 Å². The van der Waals surface area contributed by atoms with Gasteiger partial charge in [-0.25, -0.2) is 9.97 Å². The molecule has 0 spiro atoms. The van der Waals surface area contributed by atoms with Crippen molar-refractivity contribution in [3.8, 4) is 5.75 Å². The first kappa shape index (κ1) is 25.8. The second-order valence-corrected chi connectivity index (χ2v) is 9.74. The lowest BCUT2D eigenvalue weighted by Crippen LogP contribution is -2.54. The highest BCUT2D eigenvalue weighted by atomic mass is 16.5. The molecular formula is C28H33N7O3. The van der Waals surface area contributed by atoms with Crippen LogP contribution in [0.3, 0.4) is 0 Å².